The minimum Gasteiger partial charge on any atom is -0.491 e. The van der Waals surface area contributed by atoms with Crippen LogP contribution in [0.25, 0.3) is 0 Å². The van der Waals surface area contributed by atoms with Crippen molar-refractivity contribution in [1.82, 2.24) is 5.32 Å². The van der Waals surface area contributed by atoms with E-state index in [4.69, 9.17) is 17.0 Å². The topological polar surface area (TPSA) is 41.6 Å². The summed E-state index contributed by atoms with van der Waals surface area (Å²) in [7, 11) is 0. The monoisotopic (exact) mass is 354 g/mol. The first-order chi connectivity index (χ1) is 12.1. The Balaban J connectivity index is 1.68. The standard InChI is InChI=1S/C20H22N2O2S/c1-3-14(2)24-17-9-6-8-16(13-17)19(23)21-20(25)22-12-11-15-7-4-5-10-18(15)22/h4-10,13-14H,3,11-12H2,1-2H3,(H,21,23,25). The molecule has 1 aliphatic heterocycles. The molecule has 2 aromatic carbocycles. The van der Waals surface area contributed by atoms with Gasteiger partial charge in [-0.05, 0) is 61.8 Å². The molecule has 4 nitrogen and oxygen atoms in total. The Morgan fingerprint density at radius 3 is 2.88 bits per heavy atom. The molecule has 1 unspecified atom stereocenters. The van der Waals surface area contributed by atoms with Gasteiger partial charge in [-0.25, -0.2) is 0 Å². The Bertz CT molecular complexity index is 791. The van der Waals surface area contributed by atoms with Crippen molar-refractivity contribution in [2.45, 2.75) is 32.8 Å². The highest BCUT2D eigenvalue weighted by atomic mass is 32.1. The highest BCUT2D eigenvalue weighted by Crippen LogP contribution is 2.27. The molecule has 2 aromatic rings. The normalized spacial score (nSPS) is 13.9. The minimum absolute atomic E-state index is 0.112. The van der Waals surface area contributed by atoms with E-state index in [1.54, 1.807) is 12.1 Å². The van der Waals surface area contributed by atoms with Crippen molar-refractivity contribution in [2.24, 2.45) is 0 Å². The predicted molar refractivity (Wildman–Crippen MR) is 104 cm³/mol. The number of benzene rings is 2. The molecule has 1 amide bonds. The number of nitrogens with zero attached hydrogens (tertiary/aromatic N) is 1. The SMILES string of the molecule is CCC(C)Oc1cccc(C(=O)NC(=S)N2CCc3ccccc32)c1. The molecule has 1 heterocycles. The molecule has 0 saturated carbocycles. The van der Waals surface area contributed by atoms with Crippen LogP contribution in [0.4, 0.5) is 5.69 Å². The van der Waals surface area contributed by atoms with E-state index < -0.39 is 0 Å². The fourth-order valence-corrected chi connectivity index (χ4v) is 3.09. The zero-order valence-electron chi connectivity index (χ0n) is 14.5. The number of para-hydroxylation sites is 1. The van der Waals surface area contributed by atoms with E-state index in [0.717, 1.165) is 25.1 Å². The van der Waals surface area contributed by atoms with Crippen molar-refractivity contribution >= 4 is 28.9 Å². The van der Waals surface area contributed by atoms with Gasteiger partial charge in [0.05, 0.1) is 6.10 Å². The molecule has 25 heavy (non-hydrogen) atoms. The number of hydrogen-bond donors (Lipinski definition) is 1. The van der Waals surface area contributed by atoms with Crippen LogP contribution < -0.4 is 15.0 Å². The maximum Gasteiger partial charge on any atom is 0.257 e. The smallest absolute Gasteiger partial charge is 0.257 e. The van der Waals surface area contributed by atoms with Crippen LogP contribution >= 0.6 is 12.2 Å². The molecular formula is C20H22N2O2S. The molecule has 3 rings (SSSR count). The summed E-state index contributed by atoms with van der Waals surface area (Å²) < 4.78 is 5.78. The van der Waals surface area contributed by atoms with Gasteiger partial charge in [-0.2, -0.15) is 0 Å². The van der Waals surface area contributed by atoms with Gasteiger partial charge in [-0.15, -0.1) is 0 Å². The highest BCUT2D eigenvalue weighted by Gasteiger charge is 2.23. The summed E-state index contributed by atoms with van der Waals surface area (Å²) in [5.74, 6) is 0.475. The lowest BCUT2D eigenvalue weighted by atomic mass is 10.2. The van der Waals surface area contributed by atoms with Crippen molar-refractivity contribution in [3.63, 3.8) is 0 Å². The molecular weight excluding hydrogens is 332 g/mol. The second-order valence-corrected chi connectivity index (χ2v) is 6.54. The molecule has 1 N–H and O–H groups in total. The molecule has 0 aliphatic carbocycles. The van der Waals surface area contributed by atoms with E-state index >= 15 is 0 Å². The number of nitrogens with one attached hydrogen (secondary N) is 1. The van der Waals surface area contributed by atoms with E-state index in [1.165, 1.54) is 5.56 Å². The Hall–Kier alpha value is -2.40. The number of rotatable bonds is 4. The summed E-state index contributed by atoms with van der Waals surface area (Å²) in [5.41, 5.74) is 2.86. The van der Waals surface area contributed by atoms with Gasteiger partial charge in [0.2, 0.25) is 0 Å². The summed E-state index contributed by atoms with van der Waals surface area (Å²) in [4.78, 5) is 14.5. The van der Waals surface area contributed by atoms with Crippen molar-refractivity contribution < 1.29 is 9.53 Å². The number of fused-ring (bicyclic) bond motifs is 1. The summed E-state index contributed by atoms with van der Waals surface area (Å²) in [6.07, 6.45) is 1.96. The predicted octanol–water partition coefficient (Wildman–Crippen LogP) is 3.94. The average Bonchev–Trinajstić information content (AvgIpc) is 3.06. The molecule has 0 aromatic heterocycles. The molecule has 130 valence electrons. The van der Waals surface area contributed by atoms with Gasteiger partial charge in [0.1, 0.15) is 5.75 Å². The second kappa shape index (κ2) is 7.66. The molecule has 0 bridgehead atoms. The van der Waals surface area contributed by atoms with Crippen LogP contribution in [0.3, 0.4) is 0 Å². The zero-order chi connectivity index (χ0) is 17.8. The third-order valence-electron chi connectivity index (χ3n) is 4.36. The average molecular weight is 354 g/mol. The summed E-state index contributed by atoms with van der Waals surface area (Å²) in [5, 5.41) is 3.27. The number of carbonyl (C=O) groups excluding carboxylic acids is 1. The second-order valence-electron chi connectivity index (χ2n) is 6.15. The van der Waals surface area contributed by atoms with Crippen LogP contribution in [0, 0.1) is 0 Å². The summed E-state index contributed by atoms with van der Waals surface area (Å²) in [6.45, 7) is 4.86. The zero-order valence-corrected chi connectivity index (χ0v) is 15.3. The maximum atomic E-state index is 12.6. The molecule has 5 heteroatoms. The summed E-state index contributed by atoms with van der Waals surface area (Å²) >= 11 is 5.45. The van der Waals surface area contributed by atoms with Gasteiger partial charge in [0.25, 0.3) is 5.91 Å². The number of anilines is 1. The van der Waals surface area contributed by atoms with Gasteiger partial charge in [0.15, 0.2) is 5.11 Å². The quantitative estimate of drug-likeness (QED) is 0.845. The number of thiocarbonyl (C=S) groups is 1. The maximum absolute atomic E-state index is 12.6. The first kappa shape index (κ1) is 17.4. The lowest BCUT2D eigenvalue weighted by Crippen LogP contribution is -2.41. The van der Waals surface area contributed by atoms with Crippen LogP contribution in [0.2, 0.25) is 0 Å². The molecule has 1 aliphatic rings. The number of ether oxygens (including phenoxy) is 1. The van der Waals surface area contributed by atoms with Crippen LogP contribution in [-0.4, -0.2) is 23.7 Å². The molecule has 0 radical (unpaired) electrons. The minimum atomic E-state index is -0.219. The fourth-order valence-electron chi connectivity index (χ4n) is 2.81. The van der Waals surface area contributed by atoms with Crippen LogP contribution in [0.5, 0.6) is 5.75 Å². The van der Waals surface area contributed by atoms with Crippen molar-refractivity contribution in [1.29, 1.82) is 0 Å². The third-order valence-corrected chi connectivity index (χ3v) is 4.68. The van der Waals surface area contributed by atoms with E-state index in [9.17, 15) is 4.79 Å². The Morgan fingerprint density at radius 2 is 2.08 bits per heavy atom. The number of amides is 1. The number of carbonyl (C=O) groups is 1. The third kappa shape index (κ3) is 3.99. The van der Waals surface area contributed by atoms with Crippen molar-refractivity contribution in [2.75, 3.05) is 11.4 Å². The largest absolute Gasteiger partial charge is 0.491 e. The molecule has 1 atom stereocenters. The van der Waals surface area contributed by atoms with Crippen LogP contribution in [0.1, 0.15) is 36.2 Å². The summed E-state index contributed by atoms with van der Waals surface area (Å²) in [6, 6.07) is 15.3. The molecule has 0 spiro atoms. The van der Waals surface area contributed by atoms with E-state index in [-0.39, 0.29) is 12.0 Å². The van der Waals surface area contributed by atoms with E-state index in [2.05, 4.69) is 18.3 Å². The van der Waals surface area contributed by atoms with Gasteiger partial charge in [-0.3, -0.25) is 10.1 Å². The van der Waals surface area contributed by atoms with Gasteiger partial charge in [-0.1, -0.05) is 31.2 Å². The van der Waals surface area contributed by atoms with Gasteiger partial charge in [0, 0.05) is 17.8 Å². The van der Waals surface area contributed by atoms with Gasteiger partial charge >= 0.3 is 0 Å². The van der Waals surface area contributed by atoms with Crippen LogP contribution in [-0.2, 0) is 6.42 Å². The van der Waals surface area contributed by atoms with E-state index in [1.807, 2.05) is 42.2 Å². The van der Waals surface area contributed by atoms with Crippen molar-refractivity contribution in [3.05, 3.63) is 59.7 Å². The van der Waals surface area contributed by atoms with Crippen molar-refractivity contribution in [3.8, 4) is 5.75 Å². The highest BCUT2D eigenvalue weighted by molar-refractivity contribution is 7.80. The Morgan fingerprint density at radius 1 is 1.28 bits per heavy atom. The first-order valence-electron chi connectivity index (χ1n) is 8.56. The Labute approximate surface area is 153 Å². The Kier molecular flexibility index (Phi) is 5.34. The molecule has 0 saturated heterocycles. The van der Waals surface area contributed by atoms with E-state index in [0.29, 0.717) is 16.4 Å². The molecule has 0 fully saturated rings. The van der Waals surface area contributed by atoms with Crippen LogP contribution in [0.15, 0.2) is 48.5 Å². The lowest BCUT2D eigenvalue weighted by Gasteiger charge is -2.20. The fraction of sp³-hybridized carbons (Fsp3) is 0.300. The lowest BCUT2D eigenvalue weighted by molar-refractivity contribution is 0.0976. The van der Waals surface area contributed by atoms with Gasteiger partial charge < -0.3 is 9.64 Å². The first-order valence-corrected chi connectivity index (χ1v) is 8.96. The number of hydrogen-bond acceptors (Lipinski definition) is 3.